The van der Waals surface area contributed by atoms with Crippen LogP contribution in [0, 0.1) is 0 Å². The number of hydrogen-bond donors (Lipinski definition) is 1. The van der Waals surface area contributed by atoms with Crippen LogP contribution in [0.25, 0.3) is 0 Å². The molecule has 0 aliphatic carbocycles. The highest BCUT2D eigenvalue weighted by Crippen LogP contribution is 2.09. The lowest BCUT2D eigenvalue weighted by Crippen LogP contribution is -2.13. The molecule has 0 aromatic carbocycles. The van der Waals surface area contributed by atoms with Crippen molar-refractivity contribution >= 4 is 27.6 Å². The second-order valence-corrected chi connectivity index (χ2v) is 5.10. The first-order valence-corrected chi connectivity index (χ1v) is 7.14. The molecule has 19 heavy (non-hydrogen) atoms. The van der Waals surface area contributed by atoms with Gasteiger partial charge in [-0.3, -0.25) is 9.59 Å². The number of nitrogen functional groups attached to an aromatic ring is 1. The van der Waals surface area contributed by atoms with Crippen molar-refractivity contribution in [2.75, 3.05) is 12.3 Å². The molecule has 0 saturated carbocycles. The number of pyridine rings is 1. The molecule has 0 bridgehead atoms. The predicted molar refractivity (Wildman–Crippen MR) is 77.9 cm³/mol. The zero-order chi connectivity index (χ0) is 14.3. The number of esters is 1. The number of halogens is 1. The summed E-state index contributed by atoms with van der Waals surface area (Å²) in [5.41, 5.74) is 5.66. The summed E-state index contributed by atoms with van der Waals surface area (Å²) in [6.07, 6.45) is 6.50. The Balaban J connectivity index is 2.30. The molecular formula is C13H19BrN2O3. The van der Waals surface area contributed by atoms with Gasteiger partial charge in [0.25, 0.3) is 0 Å². The highest BCUT2D eigenvalue weighted by Gasteiger charge is 2.03. The average Bonchev–Trinajstić information content (AvgIpc) is 2.35. The molecule has 6 heteroatoms. The van der Waals surface area contributed by atoms with E-state index in [2.05, 4.69) is 15.9 Å². The third-order valence-electron chi connectivity index (χ3n) is 2.67. The Labute approximate surface area is 120 Å². The molecule has 1 rings (SSSR count). The molecule has 0 aliphatic rings. The van der Waals surface area contributed by atoms with Gasteiger partial charge in [-0.05, 0) is 35.7 Å². The number of carbonyl (C=O) groups is 1. The van der Waals surface area contributed by atoms with Crippen LogP contribution in [-0.2, 0) is 16.1 Å². The number of nitrogens with two attached hydrogens (primary N) is 1. The molecule has 0 saturated heterocycles. The minimum absolute atomic E-state index is 0.141. The van der Waals surface area contributed by atoms with Gasteiger partial charge >= 0.3 is 5.97 Å². The summed E-state index contributed by atoms with van der Waals surface area (Å²) in [6.45, 7) is 3.01. The first-order chi connectivity index (χ1) is 9.04. The maximum absolute atomic E-state index is 11.4. The predicted octanol–water partition coefficient (Wildman–Crippen LogP) is 2.32. The van der Waals surface area contributed by atoms with Gasteiger partial charge in [0.2, 0.25) is 5.43 Å². The number of ether oxygens (including phenoxy) is 1. The van der Waals surface area contributed by atoms with Gasteiger partial charge in [-0.25, -0.2) is 0 Å². The van der Waals surface area contributed by atoms with Crippen LogP contribution >= 0.6 is 15.9 Å². The minimum atomic E-state index is -0.182. The van der Waals surface area contributed by atoms with E-state index < -0.39 is 0 Å². The monoisotopic (exact) mass is 330 g/mol. The van der Waals surface area contributed by atoms with Crippen molar-refractivity contribution in [2.45, 2.75) is 39.2 Å². The van der Waals surface area contributed by atoms with Gasteiger partial charge in [-0.1, -0.05) is 6.42 Å². The summed E-state index contributed by atoms with van der Waals surface area (Å²) >= 11 is 3.18. The molecule has 0 radical (unpaired) electrons. The lowest BCUT2D eigenvalue weighted by Gasteiger charge is -2.08. The highest BCUT2D eigenvalue weighted by atomic mass is 79.9. The normalized spacial score (nSPS) is 10.4. The van der Waals surface area contributed by atoms with Crippen molar-refractivity contribution in [2.24, 2.45) is 0 Å². The van der Waals surface area contributed by atoms with Crippen LogP contribution in [0.5, 0.6) is 0 Å². The van der Waals surface area contributed by atoms with Crippen LogP contribution in [0.3, 0.4) is 0 Å². The molecule has 106 valence electrons. The van der Waals surface area contributed by atoms with Crippen molar-refractivity contribution in [3.63, 3.8) is 0 Å². The second-order valence-electron chi connectivity index (χ2n) is 4.24. The van der Waals surface area contributed by atoms with Crippen molar-refractivity contribution < 1.29 is 9.53 Å². The highest BCUT2D eigenvalue weighted by molar-refractivity contribution is 9.10. The van der Waals surface area contributed by atoms with Gasteiger partial charge in [0.05, 0.1) is 16.8 Å². The summed E-state index contributed by atoms with van der Waals surface area (Å²) in [5, 5.41) is 0. The average molecular weight is 331 g/mol. The molecule has 1 heterocycles. The van der Waals surface area contributed by atoms with Crippen LogP contribution in [0.1, 0.15) is 32.6 Å². The van der Waals surface area contributed by atoms with Crippen molar-refractivity contribution in [3.8, 4) is 0 Å². The molecule has 2 N–H and O–H groups in total. The van der Waals surface area contributed by atoms with Gasteiger partial charge in [-0.15, -0.1) is 0 Å². The standard InChI is InChI=1S/C13H19BrN2O3/c1-2-19-12(17)6-4-3-5-7-16-8-10(14)13(18)11(15)9-16/h8-9H,2-7,15H2,1H3. The Morgan fingerprint density at radius 1 is 1.37 bits per heavy atom. The first-order valence-electron chi connectivity index (χ1n) is 6.35. The van der Waals surface area contributed by atoms with Gasteiger partial charge in [0.1, 0.15) is 0 Å². The largest absolute Gasteiger partial charge is 0.466 e. The number of nitrogens with zero attached hydrogens (tertiary/aromatic N) is 1. The number of aromatic nitrogens is 1. The van der Waals surface area contributed by atoms with Crippen molar-refractivity contribution in [1.82, 2.24) is 4.57 Å². The summed E-state index contributed by atoms with van der Waals surface area (Å²) in [7, 11) is 0. The molecule has 0 spiro atoms. The molecule has 1 aromatic rings. The Hall–Kier alpha value is -1.30. The maximum atomic E-state index is 11.4. The zero-order valence-electron chi connectivity index (χ0n) is 11.0. The van der Waals surface area contributed by atoms with Crippen LogP contribution in [0.4, 0.5) is 5.69 Å². The van der Waals surface area contributed by atoms with Gasteiger partial charge < -0.3 is 15.0 Å². The number of unbranched alkanes of at least 4 members (excludes halogenated alkanes) is 2. The Kier molecular flexibility index (Phi) is 6.62. The first kappa shape index (κ1) is 15.8. The number of anilines is 1. The number of carbonyl (C=O) groups excluding carboxylic acids is 1. The number of rotatable bonds is 7. The fourth-order valence-corrected chi connectivity index (χ4v) is 2.21. The van der Waals surface area contributed by atoms with Crippen LogP contribution in [-0.4, -0.2) is 17.1 Å². The van der Waals surface area contributed by atoms with Gasteiger partial charge in [-0.2, -0.15) is 0 Å². The van der Waals surface area contributed by atoms with Crippen LogP contribution in [0.2, 0.25) is 0 Å². The van der Waals surface area contributed by atoms with Crippen molar-refractivity contribution in [1.29, 1.82) is 0 Å². The molecule has 0 aliphatic heterocycles. The Morgan fingerprint density at radius 2 is 2.11 bits per heavy atom. The molecule has 0 unspecified atom stereocenters. The third-order valence-corrected chi connectivity index (χ3v) is 3.23. The topological polar surface area (TPSA) is 74.3 Å². The van der Waals surface area contributed by atoms with Gasteiger partial charge in [0.15, 0.2) is 0 Å². The third kappa shape index (κ3) is 5.46. The van der Waals surface area contributed by atoms with E-state index in [4.69, 9.17) is 10.5 Å². The number of hydrogen-bond acceptors (Lipinski definition) is 4. The molecule has 0 fully saturated rings. The quantitative estimate of drug-likeness (QED) is 0.615. The molecular weight excluding hydrogens is 312 g/mol. The zero-order valence-corrected chi connectivity index (χ0v) is 12.6. The number of aryl methyl sites for hydroxylation is 1. The second kappa shape index (κ2) is 7.99. The summed E-state index contributed by atoms with van der Waals surface area (Å²) in [5.74, 6) is -0.141. The molecule has 0 amide bonds. The summed E-state index contributed by atoms with van der Waals surface area (Å²) in [4.78, 5) is 22.5. The molecule has 1 aromatic heterocycles. The smallest absolute Gasteiger partial charge is 0.305 e. The fraction of sp³-hybridized carbons (Fsp3) is 0.538. The molecule has 5 nitrogen and oxygen atoms in total. The summed E-state index contributed by atoms with van der Waals surface area (Å²) in [6, 6.07) is 0. The van der Waals surface area contributed by atoms with Crippen LogP contribution < -0.4 is 11.2 Å². The van der Waals surface area contributed by atoms with E-state index in [1.165, 1.54) is 0 Å². The fourth-order valence-electron chi connectivity index (χ4n) is 1.72. The van der Waals surface area contributed by atoms with E-state index in [1.54, 1.807) is 19.3 Å². The Bertz CT molecular complexity index is 459. The van der Waals surface area contributed by atoms with Crippen molar-refractivity contribution in [3.05, 3.63) is 27.1 Å². The summed E-state index contributed by atoms with van der Waals surface area (Å²) < 4.78 is 7.20. The van der Waals surface area contributed by atoms with Crippen LogP contribution in [0.15, 0.2) is 21.7 Å². The van der Waals surface area contributed by atoms with E-state index in [1.807, 2.05) is 4.57 Å². The van der Waals surface area contributed by atoms with E-state index in [0.717, 1.165) is 25.8 Å². The van der Waals surface area contributed by atoms with Gasteiger partial charge in [0, 0.05) is 25.4 Å². The SMILES string of the molecule is CCOC(=O)CCCCCn1cc(N)c(=O)c(Br)c1. The lowest BCUT2D eigenvalue weighted by atomic mass is 10.2. The molecule has 0 atom stereocenters. The van der Waals surface area contributed by atoms with E-state index in [-0.39, 0.29) is 17.1 Å². The minimum Gasteiger partial charge on any atom is -0.466 e. The Morgan fingerprint density at radius 3 is 2.74 bits per heavy atom. The van der Waals surface area contributed by atoms with E-state index in [0.29, 0.717) is 17.5 Å². The maximum Gasteiger partial charge on any atom is 0.305 e. The van der Waals surface area contributed by atoms with E-state index >= 15 is 0 Å². The lowest BCUT2D eigenvalue weighted by molar-refractivity contribution is -0.143. The van der Waals surface area contributed by atoms with E-state index in [9.17, 15) is 9.59 Å².